The summed E-state index contributed by atoms with van der Waals surface area (Å²) in [7, 11) is 0. The molecule has 0 saturated carbocycles. The molecule has 0 nitrogen and oxygen atoms in total. The maximum absolute atomic E-state index is 2.18. The van der Waals surface area contributed by atoms with Crippen LogP contribution in [0.5, 0.6) is 0 Å². The summed E-state index contributed by atoms with van der Waals surface area (Å²) < 4.78 is 0. The molecule has 0 saturated heterocycles. The zero-order chi connectivity index (χ0) is 18.8. The molecule has 0 aliphatic rings. The van der Waals surface area contributed by atoms with Crippen molar-refractivity contribution in [1.82, 2.24) is 0 Å². The van der Waals surface area contributed by atoms with Crippen LogP contribution in [0.15, 0.2) is 121 Å². The highest BCUT2D eigenvalue weighted by atomic mass is 14.0. The maximum atomic E-state index is 2.18. The molecule has 0 spiro atoms. The van der Waals surface area contributed by atoms with E-state index in [9.17, 15) is 0 Å². The summed E-state index contributed by atoms with van der Waals surface area (Å²) in [5, 5.41) is 10.6. The van der Waals surface area contributed by atoms with E-state index >= 15 is 0 Å². The Morgan fingerprint density at radius 1 is 0.214 bits per heavy atom. The van der Waals surface area contributed by atoms with Gasteiger partial charge in [-0.15, -0.1) is 0 Å². The molecule has 0 aromatic heterocycles. The first-order chi connectivity index (χ1) is 13.9. The molecule has 0 radical (unpaired) electrons. The molecule has 6 aromatic carbocycles. The monoisotopic (exact) mass is 356 g/mol. The third kappa shape index (κ3) is 3.00. The highest BCUT2D eigenvalue weighted by Crippen LogP contribution is 2.25. The van der Waals surface area contributed by atoms with Crippen LogP contribution in [0.1, 0.15) is 0 Å². The van der Waals surface area contributed by atoms with Gasteiger partial charge >= 0.3 is 0 Å². The molecule has 6 rings (SSSR count). The first kappa shape index (κ1) is 16.5. The second-order valence-corrected chi connectivity index (χ2v) is 7.02. The molecule has 0 unspecified atom stereocenters. The van der Waals surface area contributed by atoms with Gasteiger partial charge < -0.3 is 0 Å². The topological polar surface area (TPSA) is 0 Å². The molecule has 132 valence electrons. The van der Waals surface area contributed by atoms with Gasteiger partial charge in [0, 0.05) is 0 Å². The van der Waals surface area contributed by atoms with E-state index in [-0.39, 0.29) is 0 Å². The first-order valence-electron chi connectivity index (χ1n) is 9.63. The van der Waals surface area contributed by atoms with Crippen molar-refractivity contribution < 1.29 is 0 Å². The standard InChI is InChI=1S/2C14H10/c2*1-3-7-13-11(5-1)9-10-12-6-2-4-8-14(12)13/h2*1-10H. The summed E-state index contributed by atoms with van der Waals surface area (Å²) >= 11 is 0. The minimum atomic E-state index is 1.31. The smallest absolute Gasteiger partial charge is 0.0105 e. The summed E-state index contributed by atoms with van der Waals surface area (Å²) in [6, 6.07) is 42.7. The fourth-order valence-corrected chi connectivity index (χ4v) is 3.91. The van der Waals surface area contributed by atoms with E-state index in [0.717, 1.165) is 0 Å². The van der Waals surface area contributed by atoms with Gasteiger partial charge in [-0.1, -0.05) is 121 Å². The van der Waals surface area contributed by atoms with Gasteiger partial charge in [-0.2, -0.15) is 0 Å². The van der Waals surface area contributed by atoms with Gasteiger partial charge in [0.15, 0.2) is 0 Å². The Morgan fingerprint density at radius 3 is 0.679 bits per heavy atom. The molecule has 0 heterocycles. The van der Waals surface area contributed by atoms with E-state index in [0.29, 0.717) is 0 Å². The highest BCUT2D eigenvalue weighted by molar-refractivity contribution is 6.08. The summed E-state index contributed by atoms with van der Waals surface area (Å²) in [5.41, 5.74) is 0. The van der Waals surface area contributed by atoms with Crippen LogP contribution < -0.4 is 0 Å². The van der Waals surface area contributed by atoms with Crippen molar-refractivity contribution in [2.75, 3.05) is 0 Å². The molecule has 0 N–H and O–H groups in total. The Balaban J connectivity index is 0.000000122. The lowest BCUT2D eigenvalue weighted by Gasteiger charge is -2.02. The normalized spacial score (nSPS) is 10.9. The van der Waals surface area contributed by atoms with E-state index in [2.05, 4.69) is 121 Å². The molecule has 0 fully saturated rings. The summed E-state index contributed by atoms with van der Waals surface area (Å²) in [4.78, 5) is 0. The molecule has 0 heteroatoms. The van der Waals surface area contributed by atoms with Crippen LogP contribution in [-0.2, 0) is 0 Å². The van der Waals surface area contributed by atoms with E-state index in [1.54, 1.807) is 0 Å². The summed E-state index contributed by atoms with van der Waals surface area (Å²) in [6.45, 7) is 0. The molecular weight excluding hydrogens is 336 g/mol. The van der Waals surface area contributed by atoms with E-state index < -0.39 is 0 Å². The lowest BCUT2D eigenvalue weighted by Crippen LogP contribution is -1.75. The van der Waals surface area contributed by atoms with Gasteiger partial charge in [0.1, 0.15) is 0 Å². The van der Waals surface area contributed by atoms with Gasteiger partial charge in [-0.05, 0) is 43.1 Å². The Hall–Kier alpha value is -3.64. The molecule has 0 aliphatic heterocycles. The van der Waals surface area contributed by atoms with Crippen LogP contribution in [0, 0.1) is 0 Å². The summed E-state index contributed by atoms with van der Waals surface area (Å²) in [5.74, 6) is 0. The number of hydrogen-bond donors (Lipinski definition) is 0. The molecule has 0 atom stereocenters. The largest absolute Gasteiger partial charge is 0.0616 e. The third-order valence-electron chi connectivity index (χ3n) is 5.31. The van der Waals surface area contributed by atoms with Gasteiger partial charge in [0.2, 0.25) is 0 Å². The molecule has 0 amide bonds. The van der Waals surface area contributed by atoms with Crippen molar-refractivity contribution in [3.05, 3.63) is 121 Å². The van der Waals surface area contributed by atoms with Crippen LogP contribution in [0.4, 0.5) is 0 Å². The average molecular weight is 356 g/mol. The Labute approximate surface area is 164 Å². The van der Waals surface area contributed by atoms with E-state index in [1.807, 2.05) is 0 Å². The molecule has 0 bridgehead atoms. The minimum absolute atomic E-state index is 1.31. The lowest BCUT2D eigenvalue weighted by molar-refractivity contribution is 1.76. The Kier molecular flexibility index (Phi) is 4.23. The zero-order valence-electron chi connectivity index (χ0n) is 15.5. The van der Waals surface area contributed by atoms with Crippen molar-refractivity contribution in [3.63, 3.8) is 0 Å². The quantitative estimate of drug-likeness (QED) is 0.242. The van der Waals surface area contributed by atoms with Crippen LogP contribution in [0.3, 0.4) is 0 Å². The van der Waals surface area contributed by atoms with Crippen molar-refractivity contribution in [3.8, 4) is 0 Å². The zero-order valence-corrected chi connectivity index (χ0v) is 15.5. The highest BCUT2D eigenvalue weighted by Gasteiger charge is 1.98. The minimum Gasteiger partial charge on any atom is -0.0616 e. The van der Waals surface area contributed by atoms with Crippen molar-refractivity contribution >= 4 is 43.1 Å². The first-order valence-corrected chi connectivity index (χ1v) is 9.63. The molecule has 28 heavy (non-hydrogen) atoms. The third-order valence-corrected chi connectivity index (χ3v) is 5.31. The van der Waals surface area contributed by atoms with Crippen molar-refractivity contribution in [1.29, 1.82) is 0 Å². The van der Waals surface area contributed by atoms with Crippen LogP contribution in [0.2, 0.25) is 0 Å². The predicted octanol–water partition coefficient (Wildman–Crippen LogP) is 7.99. The predicted molar refractivity (Wildman–Crippen MR) is 123 cm³/mol. The SMILES string of the molecule is c1ccc2c(c1)ccc1ccccc12.c1ccc2c(c1)ccc1ccccc12. The second-order valence-electron chi connectivity index (χ2n) is 7.02. The maximum Gasteiger partial charge on any atom is -0.0105 e. The van der Waals surface area contributed by atoms with Crippen LogP contribution >= 0.6 is 0 Å². The van der Waals surface area contributed by atoms with E-state index in [4.69, 9.17) is 0 Å². The molecule has 0 aliphatic carbocycles. The Bertz CT molecular complexity index is 1190. The van der Waals surface area contributed by atoms with Gasteiger partial charge in [-0.25, -0.2) is 0 Å². The average Bonchev–Trinajstić information content (AvgIpc) is 2.79. The van der Waals surface area contributed by atoms with Gasteiger partial charge in [0.05, 0.1) is 0 Å². The van der Waals surface area contributed by atoms with Crippen LogP contribution in [-0.4, -0.2) is 0 Å². The second kappa shape index (κ2) is 7.17. The van der Waals surface area contributed by atoms with Crippen LogP contribution in [0.25, 0.3) is 43.1 Å². The van der Waals surface area contributed by atoms with Gasteiger partial charge in [0.25, 0.3) is 0 Å². The molecular formula is C28H20. The molecule has 6 aromatic rings. The fraction of sp³-hybridized carbons (Fsp3) is 0. The van der Waals surface area contributed by atoms with Crippen molar-refractivity contribution in [2.24, 2.45) is 0 Å². The Morgan fingerprint density at radius 2 is 0.429 bits per heavy atom. The van der Waals surface area contributed by atoms with Crippen molar-refractivity contribution in [2.45, 2.75) is 0 Å². The lowest BCUT2D eigenvalue weighted by atomic mass is 10.0. The van der Waals surface area contributed by atoms with E-state index in [1.165, 1.54) is 43.1 Å². The fourth-order valence-electron chi connectivity index (χ4n) is 3.91. The number of rotatable bonds is 0. The number of benzene rings is 6. The number of hydrogen-bond acceptors (Lipinski definition) is 0. The van der Waals surface area contributed by atoms with Gasteiger partial charge in [-0.3, -0.25) is 0 Å². The number of fused-ring (bicyclic) bond motifs is 6. The summed E-state index contributed by atoms with van der Waals surface area (Å²) in [6.07, 6.45) is 0.